The summed E-state index contributed by atoms with van der Waals surface area (Å²) < 4.78 is 0. The molecule has 0 aliphatic heterocycles. The van der Waals surface area contributed by atoms with Crippen LogP contribution in [0.3, 0.4) is 0 Å². The van der Waals surface area contributed by atoms with Crippen LogP contribution in [-0.4, -0.2) is 11.1 Å². The highest BCUT2D eigenvalue weighted by Crippen LogP contribution is 2.09. The molecular weight excluding hydrogens is 212 g/mol. The van der Waals surface area contributed by atoms with Gasteiger partial charge in [0.25, 0.3) is 0 Å². The molecule has 0 saturated carbocycles. The highest BCUT2D eigenvalue weighted by Gasteiger charge is 1.95. The summed E-state index contributed by atoms with van der Waals surface area (Å²) in [6.07, 6.45) is 14.1. The van der Waals surface area contributed by atoms with E-state index in [0.717, 1.165) is 31.6 Å². The van der Waals surface area contributed by atoms with E-state index in [1.54, 1.807) is 0 Å². The lowest BCUT2D eigenvalue weighted by atomic mass is 10.1. The van der Waals surface area contributed by atoms with Crippen LogP contribution in [-0.2, 0) is 4.79 Å². The van der Waals surface area contributed by atoms with Crippen molar-refractivity contribution in [3.05, 3.63) is 12.2 Å². The van der Waals surface area contributed by atoms with Crippen molar-refractivity contribution in [2.75, 3.05) is 0 Å². The fourth-order valence-corrected chi connectivity index (χ4v) is 1.77. The second kappa shape index (κ2) is 11.7. The quantitative estimate of drug-likeness (QED) is 0.416. The first kappa shape index (κ1) is 16.2. The van der Waals surface area contributed by atoms with Gasteiger partial charge in [0, 0.05) is 6.42 Å². The van der Waals surface area contributed by atoms with E-state index in [2.05, 4.69) is 26.0 Å². The maximum atomic E-state index is 10.3. The maximum absolute atomic E-state index is 10.3. The smallest absolute Gasteiger partial charge is 0.303 e. The van der Waals surface area contributed by atoms with Gasteiger partial charge >= 0.3 is 5.97 Å². The summed E-state index contributed by atoms with van der Waals surface area (Å²) in [5, 5.41) is 8.46. The molecule has 0 amide bonds. The Labute approximate surface area is 106 Å². The first-order chi connectivity index (χ1) is 8.13. The standard InChI is InChI=1S/C15H28O2/c1-14(2)12-10-8-6-4-3-5-7-9-11-13-15(16)17/h3-4,14H,5-13H2,1-2H3,(H,16,17). The Morgan fingerprint density at radius 3 is 2.12 bits per heavy atom. The van der Waals surface area contributed by atoms with E-state index in [0.29, 0.717) is 6.42 Å². The average Bonchev–Trinajstić information content (AvgIpc) is 2.25. The molecule has 100 valence electrons. The molecule has 0 rings (SSSR count). The van der Waals surface area contributed by atoms with Crippen LogP contribution >= 0.6 is 0 Å². The lowest BCUT2D eigenvalue weighted by molar-refractivity contribution is -0.137. The van der Waals surface area contributed by atoms with Crippen LogP contribution in [0.25, 0.3) is 0 Å². The Hall–Kier alpha value is -0.790. The predicted octanol–water partition coefficient (Wildman–Crippen LogP) is 4.79. The third kappa shape index (κ3) is 15.2. The number of aliphatic carboxylic acids is 1. The minimum atomic E-state index is -0.675. The predicted molar refractivity (Wildman–Crippen MR) is 73.2 cm³/mol. The molecule has 0 aromatic heterocycles. The first-order valence-electron chi connectivity index (χ1n) is 6.99. The number of hydrogen-bond donors (Lipinski definition) is 1. The summed E-state index contributed by atoms with van der Waals surface area (Å²) in [6, 6.07) is 0. The maximum Gasteiger partial charge on any atom is 0.303 e. The van der Waals surface area contributed by atoms with E-state index in [1.165, 1.54) is 25.7 Å². The average molecular weight is 240 g/mol. The SMILES string of the molecule is CC(C)CCCCC=CCCCCCC(=O)O. The molecule has 0 saturated heterocycles. The highest BCUT2D eigenvalue weighted by molar-refractivity contribution is 5.66. The lowest BCUT2D eigenvalue weighted by Gasteiger charge is -2.01. The van der Waals surface area contributed by atoms with Crippen molar-refractivity contribution >= 4 is 5.97 Å². The van der Waals surface area contributed by atoms with Gasteiger partial charge in [-0.3, -0.25) is 4.79 Å². The third-order valence-electron chi connectivity index (χ3n) is 2.83. The van der Waals surface area contributed by atoms with Gasteiger partial charge in [0.2, 0.25) is 0 Å². The van der Waals surface area contributed by atoms with Gasteiger partial charge in [0.1, 0.15) is 0 Å². The Kier molecular flexibility index (Phi) is 11.1. The van der Waals surface area contributed by atoms with Gasteiger partial charge in [-0.1, -0.05) is 45.3 Å². The largest absolute Gasteiger partial charge is 0.481 e. The Morgan fingerprint density at radius 2 is 1.59 bits per heavy atom. The number of allylic oxidation sites excluding steroid dienone is 2. The van der Waals surface area contributed by atoms with Crippen molar-refractivity contribution in [3.63, 3.8) is 0 Å². The van der Waals surface area contributed by atoms with Gasteiger partial charge in [-0.25, -0.2) is 0 Å². The molecule has 0 aliphatic rings. The molecule has 0 aromatic carbocycles. The summed E-state index contributed by atoms with van der Waals surface area (Å²) >= 11 is 0. The summed E-state index contributed by atoms with van der Waals surface area (Å²) in [4.78, 5) is 10.3. The third-order valence-corrected chi connectivity index (χ3v) is 2.83. The molecule has 0 bridgehead atoms. The Bertz CT molecular complexity index is 207. The van der Waals surface area contributed by atoms with Crippen LogP contribution in [0.2, 0.25) is 0 Å². The number of carboxylic acids is 1. The molecule has 0 aromatic rings. The van der Waals surface area contributed by atoms with Crippen molar-refractivity contribution in [1.29, 1.82) is 0 Å². The molecular formula is C15H28O2. The monoisotopic (exact) mass is 240 g/mol. The number of carbonyl (C=O) groups is 1. The molecule has 0 spiro atoms. The van der Waals surface area contributed by atoms with Crippen molar-refractivity contribution in [3.8, 4) is 0 Å². The zero-order valence-electron chi connectivity index (χ0n) is 11.5. The van der Waals surface area contributed by atoms with Gasteiger partial charge in [-0.2, -0.15) is 0 Å². The second-order valence-corrected chi connectivity index (χ2v) is 5.14. The van der Waals surface area contributed by atoms with Crippen LogP contribution in [0.1, 0.15) is 71.6 Å². The van der Waals surface area contributed by atoms with Crippen LogP contribution in [0.15, 0.2) is 12.2 Å². The second-order valence-electron chi connectivity index (χ2n) is 5.14. The highest BCUT2D eigenvalue weighted by atomic mass is 16.4. The zero-order chi connectivity index (χ0) is 12.9. The fraction of sp³-hybridized carbons (Fsp3) is 0.800. The number of hydrogen-bond acceptors (Lipinski definition) is 1. The zero-order valence-corrected chi connectivity index (χ0v) is 11.5. The molecule has 1 N–H and O–H groups in total. The normalized spacial score (nSPS) is 11.5. The summed E-state index contributed by atoms with van der Waals surface area (Å²) in [7, 11) is 0. The van der Waals surface area contributed by atoms with Gasteiger partial charge in [0.05, 0.1) is 0 Å². The van der Waals surface area contributed by atoms with Crippen molar-refractivity contribution in [1.82, 2.24) is 0 Å². The molecule has 0 fully saturated rings. The van der Waals surface area contributed by atoms with Gasteiger partial charge in [-0.05, 0) is 38.0 Å². The van der Waals surface area contributed by atoms with E-state index in [4.69, 9.17) is 5.11 Å². The molecule has 17 heavy (non-hydrogen) atoms. The Morgan fingerprint density at radius 1 is 1.00 bits per heavy atom. The van der Waals surface area contributed by atoms with E-state index >= 15 is 0 Å². The van der Waals surface area contributed by atoms with Crippen molar-refractivity contribution in [2.24, 2.45) is 5.92 Å². The number of rotatable bonds is 11. The topological polar surface area (TPSA) is 37.3 Å². The molecule has 0 radical (unpaired) electrons. The summed E-state index contributed by atoms with van der Waals surface area (Å²) in [5.41, 5.74) is 0. The van der Waals surface area contributed by atoms with E-state index in [-0.39, 0.29) is 0 Å². The summed E-state index contributed by atoms with van der Waals surface area (Å²) in [5.74, 6) is 0.152. The molecule has 0 aliphatic carbocycles. The van der Waals surface area contributed by atoms with Crippen LogP contribution in [0.5, 0.6) is 0 Å². The lowest BCUT2D eigenvalue weighted by Crippen LogP contribution is -1.93. The number of unbranched alkanes of at least 4 members (excludes halogenated alkanes) is 5. The number of carboxylic acid groups (broad SMARTS) is 1. The molecule has 0 unspecified atom stereocenters. The molecule has 0 heterocycles. The Balaban J connectivity index is 3.12. The fourth-order valence-electron chi connectivity index (χ4n) is 1.77. The van der Waals surface area contributed by atoms with Crippen LogP contribution in [0.4, 0.5) is 0 Å². The molecule has 2 heteroatoms. The van der Waals surface area contributed by atoms with Crippen molar-refractivity contribution < 1.29 is 9.90 Å². The first-order valence-corrected chi connectivity index (χ1v) is 6.99. The minimum absolute atomic E-state index is 0.318. The minimum Gasteiger partial charge on any atom is -0.481 e. The van der Waals surface area contributed by atoms with Crippen LogP contribution < -0.4 is 0 Å². The van der Waals surface area contributed by atoms with E-state index in [9.17, 15) is 4.79 Å². The van der Waals surface area contributed by atoms with Gasteiger partial charge in [-0.15, -0.1) is 0 Å². The van der Waals surface area contributed by atoms with Crippen LogP contribution in [0, 0.1) is 5.92 Å². The van der Waals surface area contributed by atoms with Gasteiger partial charge in [0.15, 0.2) is 0 Å². The summed E-state index contributed by atoms with van der Waals surface area (Å²) in [6.45, 7) is 4.54. The molecule has 2 nitrogen and oxygen atoms in total. The molecule has 0 atom stereocenters. The van der Waals surface area contributed by atoms with Crippen molar-refractivity contribution in [2.45, 2.75) is 71.6 Å². The van der Waals surface area contributed by atoms with Gasteiger partial charge < -0.3 is 5.11 Å². The van der Waals surface area contributed by atoms with E-state index < -0.39 is 5.97 Å². The van der Waals surface area contributed by atoms with E-state index in [1.807, 2.05) is 0 Å².